The highest BCUT2D eigenvalue weighted by atomic mass is 14.0. The van der Waals surface area contributed by atoms with Crippen molar-refractivity contribution in [1.29, 1.82) is 0 Å². The molecule has 0 fully saturated rings. The van der Waals surface area contributed by atoms with Gasteiger partial charge < -0.3 is 0 Å². The third-order valence-electron chi connectivity index (χ3n) is 1.73. The van der Waals surface area contributed by atoms with Crippen molar-refractivity contribution in [3.63, 3.8) is 0 Å². The second-order valence-corrected chi connectivity index (χ2v) is 2.97. The van der Waals surface area contributed by atoms with Crippen LogP contribution in [0.3, 0.4) is 0 Å². The molecule has 1 atom stereocenters. The zero-order valence-electron chi connectivity index (χ0n) is 7.35. The van der Waals surface area contributed by atoms with Gasteiger partial charge in [-0.2, -0.15) is 0 Å². The van der Waals surface area contributed by atoms with Crippen LogP contribution < -0.4 is 0 Å². The van der Waals surface area contributed by atoms with Crippen molar-refractivity contribution in [2.75, 3.05) is 0 Å². The van der Waals surface area contributed by atoms with Crippen molar-refractivity contribution in [3.05, 3.63) is 24.3 Å². The molecule has 0 bridgehead atoms. The third-order valence-corrected chi connectivity index (χ3v) is 1.73. The van der Waals surface area contributed by atoms with Gasteiger partial charge in [0, 0.05) is 0 Å². The first-order chi connectivity index (χ1) is 4.70. The van der Waals surface area contributed by atoms with E-state index < -0.39 is 0 Å². The van der Waals surface area contributed by atoms with Crippen LogP contribution in [0.5, 0.6) is 0 Å². The van der Waals surface area contributed by atoms with Crippen LogP contribution in [0.4, 0.5) is 0 Å². The molecule has 0 aliphatic rings. The van der Waals surface area contributed by atoms with Crippen LogP contribution in [0.15, 0.2) is 24.3 Å². The minimum Gasteiger partial charge on any atom is -0.103 e. The van der Waals surface area contributed by atoms with E-state index in [1.165, 1.54) is 12.0 Å². The Hall–Kier alpha value is -0.520. The molecule has 0 saturated carbocycles. The van der Waals surface area contributed by atoms with Crippen LogP contribution in [-0.2, 0) is 0 Å². The summed E-state index contributed by atoms with van der Waals surface area (Å²) < 4.78 is 0. The number of hydrogen-bond acceptors (Lipinski definition) is 0. The van der Waals surface area contributed by atoms with E-state index in [4.69, 9.17) is 0 Å². The van der Waals surface area contributed by atoms with Crippen molar-refractivity contribution in [2.24, 2.45) is 5.92 Å². The lowest BCUT2D eigenvalue weighted by atomic mass is 9.99. The lowest BCUT2D eigenvalue weighted by Crippen LogP contribution is -1.92. The highest BCUT2D eigenvalue weighted by Gasteiger charge is 1.98. The molecule has 0 aliphatic heterocycles. The number of rotatable bonds is 4. The van der Waals surface area contributed by atoms with Gasteiger partial charge in [0.1, 0.15) is 0 Å². The molecule has 0 nitrogen and oxygen atoms in total. The molecular weight excluding hydrogens is 120 g/mol. The maximum atomic E-state index is 3.71. The van der Waals surface area contributed by atoms with E-state index >= 15 is 0 Å². The maximum absolute atomic E-state index is 3.71. The highest BCUT2D eigenvalue weighted by molar-refractivity contribution is 4.97. The van der Waals surface area contributed by atoms with Gasteiger partial charge in [-0.25, -0.2) is 0 Å². The van der Waals surface area contributed by atoms with Gasteiger partial charge in [-0.05, 0) is 32.6 Å². The molecule has 58 valence electrons. The van der Waals surface area contributed by atoms with Gasteiger partial charge >= 0.3 is 0 Å². The summed E-state index contributed by atoms with van der Waals surface area (Å²) >= 11 is 0. The molecule has 0 aromatic heterocycles. The predicted molar refractivity (Wildman–Crippen MR) is 48.0 cm³/mol. The van der Waals surface area contributed by atoms with E-state index in [1.54, 1.807) is 0 Å². The van der Waals surface area contributed by atoms with Crippen LogP contribution in [-0.4, -0.2) is 0 Å². The molecule has 1 unspecified atom stereocenters. The van der Waals surface area contributed by atoms with Gasteiger partial charge in [-0.1, -0.05) is 24.6 Å². The monoisotopic (exact) mass is 138 g/mol. The van der Waals surface area contributed by atoms with Gasteiger partial charge in [0.15, 0.2) is 0 Å². The second-order valence-electron chi connectivity index (χ2n) is 2.97. The zero-order chi connectivity index (χ0) is 7.98. The third kappa shape index (κ3) is 4.37. The van der Waals surface area contributed by atoms with Crippen LogP contribution in [0.1, 0.15) is 33.6 Å². The minimum absolute atomic E-state index is 0.758. The normalized spacial score (nSPS) is 14.9. The van der Waals surface area contributed by atoms with E-state index in [-0.39, 0.29) is 0 Å². The summed E-state index contributed by atoms with van der Waals surface area (Å²) in [6.07, 6.45) is 6.51. The fraction of sp³-hybridized carbons (Fsp3) is 0.600. The minimum atomic E-state index is 0.758. The van der Waals surface area contributed by atoms with Crippen molar-refractivity contribution in [2.45, 2.75) is 33.6 Å². The first kappa shape index (κ1) is 9.48. The molecule has 0 saturated heterocycles. The average Bonchev–Trinajstić information content (AvgIpc) is 1.88. The van der Waals surface area contributed by atoms with Crippen molar-refractivity contribution in [3.8, 4) is 0 Å². The molecule has 0 aliphatic carbocycles. The molecule has 0 aromatic rings. The summed E-state index contributed by atoms with van der Waals surface area (Å²) in [4.78, 5) is 0. The number of hydrogen-bond donors (Lipinski definition) is 0. The Balaban J connectivity index is 3.56. The van der Waals surface area contributed by atoms with Crippen molar-refractivity contribution < 1.29 is 0 Å². The van der Waals surface area contributed by atoms with Gasteiger partial charge in [0.05, 0.1) is 0 Å². The van der Waals surface area contributed by atoms with E-state index in [0.29, 0.717) is 0 Å². The Bertz CT molecular complexity index is 120. The fourth-order valence-corrected chi connectivity index (χ4v) is 1.04. The Morgan fingerprint density at radius 3 is 2.60 bits per heavy atom. The smallest absolute Gasteiger partial charge is 0.0294 e. The van der Waals surface area contributed by atoms with E-state index in [0.717, 1.165) is 12.3 Å². The van der Waals surface area contributed by atoms with Gasteiger partial charge in [0.2, 0.25) is 0 Å². The molecule has 0 radical (unpaired) electrons. The van der Waals surface area contributed by atoms with Gasteiger partial charge in [0.25, 0.3) is 0 Å². The topological polar surface area (TPSA) is 0 Å². The molecular formula is C10H18. The second kappa shape index (κ2) is 5.28. The fourth-order valence-electron chi connectivity index (χ4n) is 1.04. The summed E-state index contributed by atoms with van der Waals surface area (Å²) in [5.41, 5.74) is 1.48. The van der Waals surface area contributed by atoms with Crippen LogP contribution in [0, 0.1) is 5.92 Å². The summed E-state index contributed by atoms with van der Waals surface area (Å²) in [5, 5.41) is 0. The van der Waals surface area contributed by atoms with E-state index in [2.05, 4.69) is 33.4 Å². The zero-order valence-corrected chi connectivity index (χ0v) is 7.35. The first-order valence-electron chi connectivity index (χ1n) is 3.93. The predicted octanol–water partition coefficient (Wildman–Crippen LogP) is 3.55. The molecule has 0 aromatic carbocycles. The molecule has 0 N–H and O–H groups in total. The summed E-state index contributed by atoms with van der Waals surface area (Å²) in [7, 11) is 0. The van der Waals surface area contributed by atoms with E-state index in [1.807, 2.05) is 6.08 Å². The quantitative estimate of drug-likeness (QED) is 0.521. The largest absolute Gasteiger partial charge is 0.103 e. The van der Waals surface area contributed by atoms with Crippen LogP contribution in [0.25, 0.3) is 0 Å². The SMILES string of the molecule is C=CCC(C)CC(C)=CC. The lowest BCUT2D eigenvalue weighted by molar-refractivity contribution is 0.586. The Morgan fingerprint density at radius 1 is 1.60 bits per heavy atom. The molecule has 0 spiro atoms. The molecule has 0 amide bonds. The average molecular weight is 138 g/mol. The molecule has 0 heteroatoms. The maximum Gasteiger partial charge on any atom is -0.0294 e. The Labute approximate surface area is 64.6 Å². The van der Waals surface area contributed by atoms with Gasteiger partial charge in [-0.15, -0.1) is 6.58 Å². The molecule has 0 rings (SSSR count). The van der Waals surface area contributed by atoms with Crippen molar-refractivity contribution >= 4 is 0 Å². The highest BCUT2D eigenvalue weighted by Crippen LogP contribution is 2.13. The number of allylic oxidation sites excluding steroid dienone is 3. The summed E-state index contributed by atoms with van der Waals surface area (Å²) in [6, 6.07) is 0. The summed E-state index contributed by atoms with van der Waals surface area (Å²) in [6.45, 7) is 10.2. The van der Waals surface area contributed by atoms with E-state index in [9.17, 15) is 0 Å². The Kier molecular flexibility index (Phi) is 5.00. The van der Waals surface area contributed by atoms with Crippen LogP contribution in [0.2, 0.25) is 0 Å². The van der Waals surface area contributed by atoms with Crippen LogP contribution >= 0.6 is 0 Å². The lowest BCUT2D eigenvalue weighted by Gasteiger charge is -2.07. The first-order valence-corrected chi connectivity index (χ1v) is 3.93. The standard InChI is InChI=1S/C10H18/c1-5-7-10(4)8-9(3)6-2/h5-6,10H,1,7-8H2,2-4H3. The van der Waals surface area contributed by atoms with Crippen molar-refractivity contribution in [1.82, 2.24) is 0 Å². The molecule has 0 heterocycles. The summed E-state index contributed by atoms with van der Waals surface area (Å²) in [5.74, 6) is 0.758. The Morgan fingerprint density at radius 2 is 2.20 bits per heavy atom. The van der Waals surface area contributed by atoms with Gasteiger partial charge in [-0.3, -0.25) is 0 Å². The molecule has 10 heavy (non-hydrogen) atoms.